The molecule has 1 aromatic carbocycles. The number of halogens is 1. The van der Waals surface area contributed by atoms with Crippen molar-refractivity contribution < 1.29 is 4.39 Å². The van der Waals surface area contributed by atoms with E-state index in [2.05, 4.69) is 22.9 Å². The molecule has 0 N–H and O–H groups in total. The van der Waals surface area contributed by atoms with Gasteiger partial charge in [0.2, 0.25) is 0 Å². The molecule has 1 saturated heterocycles. The second kappa shape index (κ2) is 7.09. The van der Waals surface area contributed by atoms with Crippen LogP contribution in [0, 0.1) is 5.82 Å². The number of aliphatic imine (C=N–C) groups is 1. The van der Waals surface area contributed by atoms with E-state index in [1.165, 1.54) is 6.07 Å². The summed E-state index contributed by atoms with van der Waals surface area (Å²) in [5.74, 6) is 0.817. The summed E-state index contributed by atoms with van der Waals surface area (Å²) in [6.45, 7) is 2.22. The second-order valence-electron chi connectivity index (χ2n) is 7.09. The average molecular weight is 393 g/mol. The lowest BCUT2D eigenvalue weighted by Gasteiger charge is -2.32. The Balaban J connectivity index is 1.65. The molecule has 0 spiro atoms. The first-order valence-corrected chi connectivity index (χ1v) is 10.6. The minimum Gasteiger partial charge on any atom is -0.337 e. The number of fused-ring (bicyclic) bond motifs is 1. The van der Waals surface area contributed by atoms with E-state index >= 15 is 0 Å². The van der Waals surface area contributed by atoms with E-state index in [0.29, 0.717) is 11.7 Å². The highest BCUT2D eigenvalue weighted by molar-refractivity contribution is 8.14. The molecule has 3 atom stereocenters. The van der Waals surface area contributed by atoms with Crippen molar-refractivity contribution in [1.82, 2.24) is 14.5 Å². The fourth-order valence-electron chi connectivity index (χ4n) is 4.17. The van der Waals surface area contributed by atoms with Crippen LogP contribution in [0.3, 0.4) is 0 Å². The quantitative estimate of drug-likeness (QED) is 0.627. The third-order valence-electron chi connectivity index (χ3n) is 5.52. The van der Waals surface area contributed by atoms with Gasteiger partial charge in [-0.2, -0.15) is 0 Å². The lowest BCUT2D eigenvalue weighted by atomic mass is 9.99. The van der Waals surface area contributed by atoms with Gasteiger partial charge in [0.1, 0.15) is 17.9 Å². The van der Waals surface area contributed by atoms with Crippen molar-refractivity contribution in [3.05, 3.63) is 84.2 Å². The Hall–Kier alpha value is -2.60. The van der Waals surface area contributed by atoms with Crippen LogP contribution < -0.4 is 0 Å². The smallest absolute Gasteiger partial charge is 0.160 e. The number of hydrogen-bond acceptors (Lipinski definition) is 4. The SMILES string of the molecule is CC[C@@H]1CSC2=N[C@H](c3ccccn3)[C@@H](c3cccn3-c3ccccc3F)N21. The van der Waals surface area contributed by atoms with E-state index in [4.69, 9.17) is 4.99 Å². The number of nitrogens with zero attached hydrogens (tertiary/aromatic N) is 4. The maximum atomic E-state index is 14.6. The summed E-state index contributed by atoms with van der Waals surface area (Å²) < 4.78 is 16.5. The molecule has 2 aromatic heterocycles. The molecule has 5 rings (SSSR count). The number of benzene rings is 1. The number of pyridine rings is 1. The Labute approximate surface area is 168 Å². The summed E-state index contributed by atoms with van der Waals surface area (Å²) in [5.41, 5.74) is 2.56. The van der Waals surface area contributed by atoms with Gasteiger partial charge in [-0.05, 0) is 42.8 Å². The molecule has 1 fully saturated rings. The summed E-state index contributed by atoms with van der Waals surface area (Å²) in [6.07, 6.45) is 4.81. The molecule has 0 saturated carbocycles. The maximum absolute atomic E-state index is 14.6. The molecule has 0 aliphatic carbocycles. The molecule has 2 aliphatic heterocycles. The van der Waals surface area contributed by atoms with Crippen LogP contribution in [0.25, 0.3) is 5.69 Å². The lowest BCUT2D eigenvalue weighted by Crippen LogP contribution is -2.36. The second-order valence-corrected chi connectivity index (χ2v) is 8.08. The first-order valence-electron chi connectivity index (χ1n) is 9.60. The minimum atomic E-state index is -0.226. The zero-order valence-electron chi connectivity index (χ0n) is 15.6. The normalized spacial score (nSPS) is 23.7. The highest BCUT2D eigenvalue weighted by atomic mass is 32.2. The average Bonchev–Trinajstić information content (AvgIpc) is 3.43. The van der Waals surface area contributed by atoms with Crippen molar-refractivity contribution in [2.45, 2.75) is 31.5 Å². The van der Waals surface area contributed by atoms with Gasteiger partial charge in [0.25, 0.3) is 0 Å². The van der Waals surface area contributed by atoms with E-state index in [-0.39, 0.29) is 17.9 Å². The fraction of sp³-hybridized carbons (Fsp3) is 0.273. The molecule has 0 unspecified atom stereocenters. The van der Waals surface area contributed by atoms with E-state index in [0.717, 1.165) is 28.7 Å². The van der Waals surface area contributed by atoms with Crippen molar-refractivity contribution >= 4 is 16.9 Å². The van der Waals surface area contributed by atoms with Crippen LogP contribution in [-0.2, 0) is 0 Å². The number of thioether (sulfide) groups is 1. The fourth-order valence-corrected chi connectivity index (χ4v) is 5.51. The molecule has 4 nitrogen and oxygen atoms in total. The van der Waals surface area contributed by atoms with Crippen LogP contribution in [0.1, 0.15) is 36.8 Å². The van der Waals surface area contributed by atoms with Crippen LogP contribution in [0.4, 0.5) is 4.39 Å². The molecule has 0 radical (unpaired) electrons. The van der Waals surface area contributed by atoms with Gasteiger partial charge in [0, 0.05) is 29.9 Å². The van der Waals surface area contributed by atoms with E-state index in [1.54, 1.807) is 6.07 Å². The monoisotopic (exact) mass is 392 g/mol. The first kappa shape index (κ1) is 17.5. The van der Waals surface area contributed by atoms with Gasteiger partial charge in [-0.25, -0.2) is 4.39 Å². The summed E-state index contributed by atoms with van der Waals surface area (Å²) >= 11 is 1.81. The third-order valence-corrected chi connectivity index (χ3v) is 6.65. The first-order chi connectivity index (χ1) is 13.8. The Morgan fingerprint density at radius 3 is 2.75 bits per heavy atom. The van der Waals surface area contributed by atoms with Crippen LogP contribution in [0.5, 0.6) is 0 Å². The number of hydrogen-bond donors (Lipinski definition) is 0. The minimum absolute atomic E-state index is 0.000504. The number of para-hydroxylation sites is 1. The highest BCUT2D eigenvalue weighted by Gasteiger charge is 2.46. The van der Waals surface area contributed by atoms with Crippen molar-refractivity contribution in [2.24, 2.45) is 4.99 Å². The van der Waals surface area contributed by atoms with Crippen molar-refractivity contribution in [1.29, 1.82) is 0 Å². The summed E-state index contributed by atoms with van der Waals surface area (Å²) in [6, 6.07) is 17.3. The molecular weight excluding hydrogens is 371 g/mol. The number of aromatic nitrogens is 2. The molecule has 4 heterocycles. The molecule has 142 valence electrons. The standard InChI is InChI=1S/C22H21FN4S/c1-2-15-14-28-22-25-20(17-9-5-6-12-24-17)21(27(15)22)19-11-7-13-26(19)18-10-4-3-8-16(18)23/h3-13,15,20-21H,2,14H2,1H3/t15-,20-,21-/m1/s1. The highest BCUT2D eigenvalue weighted by Crippen LogP contribution is 2.48. The summed E-state index contributed by atoms with van der Waals surface area (Å²) in [4.78, 5) is 12.1. The molecule has 28 heavy (non-hydrogen) atoms. The van der Waals surface area contributed by atoms with Gasteiger partial charge >= 0.3 is 0 Å². The molecule has 0 bridgehead atoms. The number of rotatable bonds is 4. The van der Waals surface area contributed by atoms with Gasteiger partial charge in [-0.1, -0.05) is 36.9 Å². The van der Waals surface area contributed by atoms with Crippen LogP contribution in [-0.4, -0.2) is 31.4 Å². The van der Waals surface area contributed by atoms with Gasteiger partial charge in [-0.15, -0.1) is 0 Å². The van der Waals surface area contributed by atoms with Crippen molar-refractivity contribution in [3.8, 4) is 5.69 Å². The van der Waals surface area contributed by atoms with Gasteiger partial charge in [0.15, 0.2) is 5.17 Å². The predicted molar refractivity (Wildman–Crippen MR) is 111 cm³/mol. The molecule has 6 heteroatoms. The molecule has 0 amide bonds. The van der Waals surface area contributed by atoms with Crippen LogP contribution >= 0.6 is 11.8 Å². The van der Waals surface area contributed by atoms with E-state index in [9.17, 15) is 4.39 Å². The van der Waals surface area contributed by atoms with Gasteiger partial charge in [-0.3, -0.25) is 9.98 Å². The largest absolute Gasteiger partial charge is 0.337 e. The maximum Gasteiger partial charge on any atom is 0.160 e. The zero-order valence-corrected chi connectivity index (χ0v) is 16.4. The Morgan fingerprint density at radius 1 is 1.11 bits per heavy atom. The third kappa shape index (κ3) is 2.75. The summed E-state index contributed by atoms with van der Waals surface area (Å²) in [5, 5.41) is 1.08. The topological polar surface area (TPSA) is 33.4 Å². The molecule has 2 aliphatic rings. The predicted octanol–water partition coefficient (Wildman–Crippen LogP) is 4.99. The Bertz CT molecular complexity index is 1020. The van der Waals surface area contributed by atoms with E-state index < -0.39 is 0 Å². The molecular formula is C22H21FN4S. The number of amidine groups is 1. The summed E-state index contributed by atoms with van der Waals surface area (Å²) in [7, 11) is 0. The van der Waals surface area contributed by atoms with Crippen LogP contribution in [0.15, 0.2) is 72.0 Å². The van der Waals surface area contributed by atoms with Crippen molar-refractivity contribution in [2.75, 3.05) is 5.75 Å². The lowest BCUT2D eigenvalue weighted by molar-refractivity contribution is 0.248. The molecule has 3 aromatic rings. The van der Waals surface area contributed by atoms with Gasteiger partial charge < -0.3 is 9.47 Å². The van der Waals surface area contributed by atoms with Gasteiger partial charge in [0.05, 0.1) is 11.4 Å². The Morgan fingerprint density at radius 2 is 1.96 bits per heavy atom. The van der Waals surface area contributed by atoms with Crippen molar-refractivity contribution in [3.63, 3.8) is 0 Å². The Kier molecular flexibility index (Phi) is 4.43. The van der Waals surface area contributed by atoms with Crippen LogP contribution in [0.2, 0.25) is 0 Å². The zero-order chi connectivity index (χ0) is 19.1. The van der Waals surface area contributed by atoms with E-state index in [1.807, 2.05) is 65.1 Å².